The molecule has 1 saturated heterocycles. The van der Waals surface area contributed by atoms with Crippen molar-refractivity contribution in [2.24, 2.45) is 28.0 Å². The third-order valence-electron chi connectivity index (χ3n) is 3.90. The second-order valence-corrected chi connectivity index (χ2v) is 4.62. The van der Waals surface area contributed by atoms with Crippen molar-refractivity contribution in [3.05, 3.63) is 0 Å². The molecule has 0 radical (unpaired) electrons. The predicted molar refractivity (Wildman–Crippen MR) is 51.1 cm³/mol. The van der Waals surface area contributed by atoms with E-state index in [1.54, 1.807) is 0 Å². The minimum absolute atomic E-state index is 0.121. The largest absolute Gasteiger partial charge is 0.316 e. The van der Waals surface area contributed by atoms with Gasteiger partial charge in [0.25, 0.3) is 0 Å². The van der Waals surface area contributed by atoms with Crippen LogP contribution in [0.3, 0.4) is 0 Å². The summed E-state index contributed by atoms with van der Waals surface area (Å²) in [5, 5.41) is 11.7. The van der Waals surface area contributed by atoms with E-state index in [0.29, 0.717) is 24.2 Å². The molecule has 2 heterocycles. The van der Waals surface area contributed by atoms with Gasteiger partial charge in [0, 0.05) is 13.0 Å². The predicted octanol–water partition coefficient (Wildman–Crippen LogP) is 0.635. The van der Waals surface area contributed by atoms with Gasteiger partial charge in [-0.25, -0.2) is 0 Å². The van der Waals surface area contributed by atoms with Crippen molar-refractivity contribution in [2.45, 2.75) is 18.9 Å². The van der Waals surface area contributed by atoms with E-state index >= 15 is 0 Å². The number of rotatable bonds is 0. The summed E-state index contributed by atoms with van der Waals surface area (Å²) in [6, 6.07) is 0.203. The lowest BCUT2D eigenvalue weighted by Gasteiger charge is -2.40. The Kier molecular flexibility index (Phi) is 1.90. The molecule has 0 aromatic rings. The van der Waals surface area contributed by atoms with Gasteiger partial charge >= 0.3 is 0 Å². The van der Waals surface area contributed by atoms with Gasteiger partial charge in [-0.05, 0) is 24.8 Å². The van der Waals surface area contributed by atoms with E-state index in [-0.39, 0.29) is 12.0 Å². The first-order chi connectivity index (χ1) is 6.86. The molecule has 0 aromatic heterocycles. The van der Waals surface area contributed by atoms with Crippen molar-refractivity contribution in [1.82, 2.24) is 5.32 Å². The third-order valence-corrected chi connectivity index (χ3v) is 3.90. The summed E-state index contributed by atoms with van der Waals surface area (Å²) >= 11 is 0. The molecule has 0 aromatic carbocycles. The normalized spacial score (nSPS) is 46.1. The van der Waals surface area contributed by atoms with Crippen LogP contribution < -0.4 is 5.32 Å². The van der Waals surface area contributed by atoms with E-state index in [9.17, 15) is 4.79 Å². The van der Waals surface area contributed by atoms with E-state index < -0.39 is 0 Å². The number of fused-ring (bicyclic) bond motifs is 3. The first-order valence-corrected chi connectivity index (χ1v) is 5.46. The highest BCUT2D eigenvalue weighted by Crippen LogP contribution is 2.39. The summed E-state index contributed by atoms with van der Waals surface area (Å²) < 4.78 is 0. The first-order valence-electron chi connectivity index (χ1n) is 5.46. The molecular weight excluding hydrogens is 178 g/mol. The molecular formula is C10H15N3O. The maximum absolute atomic E-state index is 11.8. The fraction of sp³-hybridized carbons (Fsp3) is 0.900. The van der Waals surface area contributed by atoms with Crippen LogP contribution in [0.4, 0.5) is 0 Å². The smallest absolute Gasteiger partial charge is 0.140 e. The number of hydrogen-bond acceptors (Lipinski definition) is 4. The van der Waals surface area contributed by atoms with Crippen molar-refractivity contribution >= 4 is 5.78 Å². The van der Waals surface area contributed by atoms with Crippen LogP contribution in [0.1, 0.15) is 12.8 Å². The molecule has 1 aliphatic carbocycles. The molecule has 14 heavy (non-hydrogen) atoms. The van der Waals surface area contributed by atoms with Crippen molar-refractivity contribution in [3.63, 3.8) is 0 Å². The zero-order valence-corrected chi connectivity index (χ0v) is 8.15. The summed E-state index contributed by atoms with van der Waals surface area (Å²) in [4.78, 5) is 11.8. The zero-order valence-electron chi connectivity index (χ0n) is 8.15. The maximum atomic E-state index is 11.8. The summed E-state index contributed by atoms with van der Waals surface area (Å²) in [6.45, 7) is 2.73. The van der Waals surface area contributed by atoms with Gasteiger partial charge in [-0.2, -0.15) is 10.2 Å². The van der Waals surface area contributed by atoms with Crippen LogP contribution in [-0.4, -0.2) is 31.5 Å². The SMILES string of the molecule is O=C1CC2CCNCC2C2N=NCC12. The van der Waals surface area contributed by atoms with Gasteiger partial charge in [-0.1, -0.05) is 0 Å². The molecule has 2 aliphatic heterocycles. The van der Waals surface area contributed by atoms with Crippen molar-refractivity contribution in [2.75, 3.05) is 19.6 Å². The lowest BCUT2D eigenvalue weighted by Crippen LogP contribution is -2.50. The van der Waals surface area contributed by atoms with Crippen LogP contribution in [0.25, 0.3) is 0 Å². The number of hydrogen-bond donors (Lipinski definition) is 1. The Balaban J connectivity index is 1.87. The first kappa shape index (κ1) is 8.53. The van der Waals surface area contributed by atoms with E-state index in [4.69, 9.17) is 0 Å². The monoisotopic (exact) mass is 193 g/mol. The summed E-state index contributed by atoms with van der Waals surface area (Å²) in [7, 11) is 0. The fourth-order valence-electron chi connectivity index (χ4n) is 3.09. The number of carbonyl (C=O) groups is 1. The molecule has 3 aliphatic rings. The van der Waals surface area contributed by atoms with Crippen molar-refractivity contribution in [3.8, 4) is 0 Å². The quantitative estimate of drug-likeness (QED) is 0.613. The minimum Gasteiger partial charge on any atom is -0.316 e. The van der Waals surface area contributed by atoms with Gasteiger partial charge in [-0.15, -0.1) is 0 Å². The van der Waals surface area contributed by atoms with Gasteiger partial charge in [0.15, 0.2) is 0 Å². The molecule has 4 heteroatoms. The summed E-state index contributed by atoms with van der Waals surface area (Å²) in [5.41, 5.74) is 0. The van der Waals surface area contributed by atoms with E-state index in [1.165, 1.54) is 0 Å². The Morgan fingerprint density at radius 1 is 1.43 bits per heavy atom. The molecule has 4 unspecified atom stereocenters. The second kappa shape index (κ2) is 3.12. The zero-order chi connectivity index (χ0) is 9.54. The van der Waals surface area contributed by atoms with Gasteiger partial charge in [0.2, 0.25) is 0 Å². The van der Waals surface area contributed by atoms with Crippen molar-refractivity contribution < 1.29 is 4.79 Å². The van der Waals surface area contributed by atoms with Crippen LogP contribution in [0.15, 0.2) is 10.2 Å². The van der Waals surface area contributed by atoms with Crippen LogP contribution in [0.2, 0.25) is 0 Å². The molecule has 2 fully saturated rings. The number of carbonyl (C=O) groups excluding carboxylic acids is 1. The minimum atomic E-state index is 0.121. The molecule has 0 spiro atoms. The molecule has 76 valence electrons. The Bertz CT molecular complexity index is 289. The van der Waals surface area contributed by atoms with Gasteiger partial charge in [0.05, 0.1) is 18.5 Å². The molecule has 1 N–H and O–H groups in total. The lowest BCUT2D eigenvalue weighted by molar-refractivity contribution is -0.127. The fourth-order valence-corrected chi connectivity index (χ4v) is 3.09. The number of azo groups is 1. The molecule has 4 nitrogen and oxygen atoms in total. The Hall–Kier alpha value is -0.770. The number of ketones is 1. The summed E-state index contributed by atoms with van der Waals surface area (Å²) in [6.07, 6.45) is 1.91. The Labute approximate surface area is 83.2 Å². The van der Waals surface area contributed by atoms with Gasteiger partial charge < -0.3 is 5.32 Å². The van der Waals surface area contributed by atoms with E-state index in [0.717, 1.165) is 25.9 Å². The number of nitrogens with one attached hydrogen (secondary N) is 1. The molecule has 0 bridgehead atoms. The Morgan fingerprint density at radius 2 is 2.36 bits per heavy atom. The van der Waals surface area contributed by atoms with Crippen LogP contribution in [0, 0.1) is 17.8 Å². The highest BCUT2D eigenvalue weighted by molar-refractivity contribution is 5.83. The van der Waals surface area contributed by atoms with Gasteiger partial charge in [-0.3, -0.25) is 4.79 Å². The van der Waals surface area contributed by atoms with Crippen LogP contribution in [0.5, 0.6) is 0 Å². The highest BCUT2D eigenvalue weighted by Gasteiger charge is 2.46. The molecule has 1 saturated carbocycles. The number of nitrogens with zero attached hydrogens (tertiary/aromatic N) is 2. The second-order valence-electron chi connectivity index (χ2n) is 4.62. The lowest BCUT2D eigenvalue weighted by atomic mass is 9.68. The average Bonchev–Trinajstić information content (AvgIpc) is 2.67. The highest BCUT2D eigenvalue weighted by atomic mass is 16.1. The van der Waals surface area contributed by atoms with E-state index in [2.05, 4.69) is 15.5 Å². The van der Waals surface area contributed by atoms with E-state index in [1.807, 2.05) is 0 Å². The standard InChI is InChI=1S/C10H15N3O/c14-9-3-6-1-2-11-4-7(6)10-8(9)5-12-13-10/h6-8,10-11H,1-5H2. The van der Waals surface area contributed by atoms with Crippen LogP contribution >= 0.6 is 0 Å². The number of piperidine rings is 1. The molecule has 3 rings (SSSR count). The summed E-state index contributed by atoms with van der Waals surface area (Å²) in [5.74, 6) is 1.67. The average molecular weight is 193 g/mol. The molecule has 4 atom stereocenters. The third kappa shape index (κ3) is 1.13. The van der Waals surface area contributed by atoms with Gasteiger partial charge in [0.1, 0.15) is 5.78 Å². The maximum Gasteiger partial charge on any atom is 0.140 e. The van der Waals surface area contributed by atoms with Crippen molar-refractivity contribution in [1.29, 1.82) is 0 Å². The molecule has 0 amide bonds. The topological polar surface area (TPSA) is 53.8 Å². The number of Topliss-reactive ketones (excluding diaryl/α,β-unsaturated/α-hetero) is 1. The van der Waals surface area contributed by atoms with Crippen LogP contribution in [-0.2, 0) is 4.79 Å². The Morgan fingerprint density at radius 3 is 3.29 bits per heavy atom.